The number of nitro benzene ring substituents is 1. The maximum atomic E-state index is 13.6. The van der Waals surface area contributed by atoms with Gasteiger partial charge in [0.1, 0.15) is 5.82 Å². The van der Waals surface area contributed by atoms with E-state index in [1.165, 1.54) is 30.3 Å². The second-order valence-electron chi connectivity index (χ2n) is 4.50. The first-order chi connectivity index (χ1) is 9.47. The normalized spacial score (nSPS) is 10.3. The number of benzene rings is 2. The van der Waals surface area contributed by atoms with Crippen LogP contribution < -0.4 is 0 Å². The van der Waals surface area contributed by atoms with Crippen molar-refractivity contribution in [2.45, 2.75) is 13.3 Å². The SMILES string of the molecule is Cc1ccc(F)c(CC(=O)c2ccc([N+](=O)[O-])cc2)c1. The van der Waals surface area contributed by atoms with Gasteiger partial charge >= 0.3 is 0 Å². The van der Waals surface area contributed by atoms with E-state index in [1.807, 2.05) is 6.92 Å². The fraction of sp³-hybridized carbons (Fsp3) is 0.133. The Morgan fingerprint density at radius 1 is 1.20 bits per heavy atom. The van der Waals surface area contributed by atoms with E-state index in [0.29, 0.717) is 11.1 Å². The number of carbonyl (C=O) groups excluding carboxylic acids is 1. The number of rotatable bonds is 4. The van der Waals surface area contributed by atoms with Crippen molar-refractivity contribution in [3.05, 3.63) is 75.1 Å². The monoisotopic (exact) mass is 273 g/mol. The number of non-ortho nitro benzene ring substituents is 1. The molecule has 0 aliphatic heterocycles. The molecule has 102 valence electrons. The molecule has 2 aromatic rings. The smallest absolute Gasteiger partial charge is 0.269 e. The summed E-state index contributed by atoms with van der Waals surface area (Å²) in [6.45, 7) is 1.82. The van der Waals surface area contributed by atoms with Crippen molar-refractivity contribution in [2.75, 3.05) is 0 Å². The van der Waals surface area contributed by atoms with E-state index in [-0.39, 0.29) is 17.9 Å². The second kappa shape index (κ2) is 5.61. The second-order valence-corrected chi connectivity index (χ2v) is 4.50. The van der Waals surface area contributed by atoms with Gasteiger partial charge in [-0.3, -0.25) is 14.9 Å². The van der Waals surface area contributed by atoms with Crippen molar-refractivity contribution in [3.63, 3.8) is 0 Å². The Morgan fingerprint density at radius 3 is 2.45 bits per heavy atom. The summed E-state index contributed by atoms with van der Waals surface area (Å²) in [4.78, 5) is 22.0. The molecule has 0 N–H and O–H groups in total. The van der Waals surface area contributed by atoms with Crippen LogP contribution in [0.5, 0.6) is 0 Å². The molecule has 20 heavy (non-hydrogen) atoms. The summed E-state index contributed by atoms with van der Waals surface area (Å²) in [6.07, 6.45) is -0.0642. The Hall–Kier alpha value is -2.56. The summed E-state index contributed by atoms with van der Waals surface area (Å²) < 4.78 is 13.6. The third-order valence-electron chi connectivity index (χ3n) is 2.95. The van der Waals surface area contributed by atoms with Crippen molar-refractivity contribution in [2.24, 2.45) is 0 Å². The fourth-order valence-corrected chi connectivity index (χ4v) is 1.88. The molecular weight excluding hydrogens is 261 g/mol. The highest BCUT2D eigenvalue weighted by atomic mass is 19.1. The van der Waals surface area contributed by atoms with Crippen LogP contribution in [0.2, 0.25) is 0 Å². The van der Waals surface area contributed by atoms with Crippen LogP contribution in [0.15, 0.2) is 42.5 Å². The summed E-state index contributed by atoms with van der Waals surface area (Å²) >= 11 is 0. The standard InChI is InChI=1S/C15H12FNO3/c1-10-2-7-14(16)12(8-10)9-15(18)11-3-5-13(6-4-11)17(19)20/h2-8H,9H2,1H3. The maximum Gasteiger partial charge on any atom is 0.269 e. The molecule has 0 bridgehead atoms. The van der Waals surface area contributed by atoms with E-state index in [9.17, 15) is 19.3 Å². The molecule has 0 aliphatic rings. The number of nitro groups is 1. The van der Waals surface area contributed by atoms with Crippen LogP contribution in [0.25, 0.3) is 0 Å². The van der Waals surface area contributed by atoms with Gasteiger partial charge in [0.2, 0.25) is 0 Å². The average Bonchev–Trinajstić information content (AvgIpc) is 2.43. The molecule has 0 spiro atoms. The van der Waals surface area contributed by atoms with E-state index < -0.39 is 10.7 Å². The van der Waals surface area contributed by atoms with Gasteiger partial charge in [0.15, 0.2) is 5.78 Å². The van der Waals surface area contributed by atoms with Crippen LogP contribution in [0.1, 0.15) is 21.5 Å². The first kappa shape index (κ1) is 13.9. The van der Waals surface area contributed by atoms with Crippen LogP contribution >= 0.6 is 0 Å². The Labute approximate surface area is 115 Å². The summed E-state index contributed by atoms with van der Waals surface area (Å²) in [5.41, 5.74) is 1.45. The zero-order valence-electron chi connectivity index (χ0n) is 10.8. The molecule has 0 saturated heterocycles. The van der Waals surface area contributed by atoms with Gasteiger partial charge in [-0.2, -0.15) is 0 Å². The van der Waals surface area contributed by atoms with Gasteiger partial charge in [-0.15, -0.1) is 0 Å². The molecular formula is C15H12FNO3. The predicted octanol–water partition coefficient (Wildman–Crippen LogP) is 3.47. The highest BCUT2D eigenvalue weighted by Crippen LogP contribution is 2.16. The Balaban J connectivity index is 2.19. The zero-order chi connectivity index (χ0) is 14.7. The minimum atomic E-state index is -0.533. The fourth-order valence-electron chi connectivity index (χ4n) is 1.88. The van der Waals surface area contributed by atoms with E-state index in [2.05, 4.69) is 0 Å². The molecule has 0 radical (unpaired) electrons. The molecule has 4 nitrogen and oxygen atoms in total. The number of halogens is 1. The van der Waals surface area contributed by atoms with E-state index in [0.717, 1.165) is 5.56 Å². The molecule has 0 fully saturated rings. The van der Waals surface area contributed by atoms with Crippen LogP contribution in [0, 0.1) is 22.9 Å². The largest absolute Gasteiger partial charge is 0.294 e. The Bertz CT molecular complexity index is 665. The lowest BCUT2D eigenvalue weighted by molar-refractivity contribution is -0.384. The molecule has 0 atom stereocenters. The number of ketones is 1. The first-order valence-corrected chi connectivity index (χ1v) is 6.00. The minimum absolute atomic E-state index is 0.0642. The van der Waals surface area contributed by atoms with Crippen molar-refractivity contribution >= 4 is 11.5 Å². The molecule has 0 heterocycles. The van der Waals surface area contributed by atoms with Crippen LogP contribution in [0.3, 0.4) is 0 Å². The topological polar surface area (TPSA) is 60.2 Å². The van der Waals surface area contributed by atoms with Crippen LogP contribution in [0.4, 0.5) is 10.1 Å². The molecule has 0 aromatic heterocycles. The predicted molar refractivity (Wildman–Crippen MR) is 72.3 cm³/mol. The maximum absolute atomic E-state index is 13.6. The molecule has 0 saturated carbocycles. The molecule has 0 amide bonds. The van der Waals surface area contributed by atoms with Crippen LogP contribution in [-0.2, 0) is 6.42 Å². The highest BCUT2D eigenvalue weighted by Gasteiger charge is 2.12. The molecule has 5 heteroatoms. The number of hydrogen-bond acceptors (Lipinski definition) is 3. The van der Waals surface area contributed by atoms with E-state index in [1.54, 1.807) is 12.1 Å². The van der Waals surface area contributed by atoms with Gasteiger partial charge in [-0.25, -0.2) is 4.39 Å². The van der Waals surface area contributed by atoms with Crippen molar-refractivity contribution in [1.29, 1.82) is 0 Å². The third kappa shape index (κ3) is 3.06. The van der Waals surface area contributed by atoms with Crippen molar-refractivity contribution < 1.29 is 14.1 Å². The first-order valence-electron chi connectivity index (χ1n) is 6.00. The number of Topliss-reactive ketones (excluding diaryl/α,β-unsaturated/α-hetero) is 1. The van der Waals surface area contributed by atoms with E-state index >= 15 is 0 Å². The van der Waals surface area contributed by atoms with Gasteiger partial charge < -0.3 is 0 Å². The summed E-state index contributed by atoms with van der Waals surface area (Å²) in [5.74, 6) is -0.699. The van der Waals surface area contributed by atoms with Gasteiger partial charge in [0.25, 0.3) is 5.69 Å². The molecule has 2 rings (SSSR count). The summed E-state index contributed by atoms with van der Waals surface area (Å²) in [7, 11) is 0. The number of aryl methyl sites for hydroxylation is 1. The van der Waals surface area contributed by atoms with Crippen molar-refractivity contribution in [3.8, 4) is 0 Å². The minimum Gasteiger partial charge on any atom is -0.294 e. The third-order valence-corrected chi connectivity index (χ3v) is 2.95. The van der Waals surface area contributed by atoms with Gasteiger partial charge in [0.05, 0.1) is 4.92 Å². The molecule has 2 aromatic carbocycles. The van der Waals surface area contributed by atoms with Gasteiger partial charge in [-0.05, 0) is 30.7 Å². The zero-order valence-corrected chi connectivity index (χ0v) is 10.8. The van der Waals surface area contributed by atoms with Crippen LogP contribution in [-0.4, -0.2) is 10.7 Å². The number of hydrogen-bond donors (Lipinski definition) is 0. The number of nitrogens with zero attached hydrogens (tertiary/aromatic N) is 1. The number of carbonyl (C=O) groups is 1. The summed E-state index contributed by atoms with van der Waals surface area (Å²) in [5, 5.41) is 10.5. The Morgan fingerprint density at radius 2 is 1.85 bits per heavy atom. The average molecular weight is 273 g/mol. The lowest BCUT2D eigenvalue weighted by Crippen LogP contribution is -2.05. The van der Waals surface area contributed by atoms with E-state index in [4.69, 9.17) is 0 Å². The molecule has 0 unspecified atom stereocenters. The highest BCUT2D eigenvalue weighted by molar-refractivity contribution is 5.97. The lowest BCUT2D eigenvalue weighted by Gasteiger charge is -2.04. The lowest BCUT2D eigenvalue weighted by atomic mass is 10.0. The van der Waals surface area contributed by atoms with Crippen molar-refractivity contribution in [1.82, 2.24) is 0 Å². The van der Waals surface area contributed by atoms with Gasteiger partial charge in [-0.1, -0.05) is 17.7 Å². The molecule has 0 aliphatic carbocycles. The van der Waals surface area contributed by atoms with Gasteiger partial charge in [0, 0.05) is 24.1 Å². The Kier molecular flexibility index (Phi) is 3.89. The summed E-state index contributed by atoms with van der Waals surface area (Å²) in [6, 6.07) is 9.88. The quantitative estimate of drug-likeness (QED) is 0.487.